The van der Waals surface area contributed by atoms with Crippen LogP contribution in [0.4, 0.5) is 11.4 Å². The van der Waals surface area contributed by atoms with Gasteiger partial charge < -0.3 is 5.32 Å². The fraction of sp³-hybridized carbons (Fsp3) is 0.647. The molecule has 1 aliphatic heterocycles. The lowest BCUT2D eigenvalue weighted by Gasteiger charge is -2.19. The maximum absolute atomic E-state index is 12.6. The number of nitrogens with one attached hydrogen (secondary N) is 1. The van der Waals surface area contributed by atoms with Crippen molar-refractivity contribution in [3.8, 4) is 0 Å². The third-order valence-corrected chi connectivity index (χ3v) is 6.98. The first-order chi connectivity index (χ1) is 12.0. The Hall–Kier alpha value is -1.67. The smallest absolute Gasteiger partial charge is 0.293 e. The molecule has 1 aromatic rings. The molecule has 1 aromatic carbocycles. The number of benzene rings is 1. The van der Waals surface area contributed by atoms with Gasteiger partial charge in [-0.15, -0.1) is 0 Å². The molecular formula is C17H25N3O4S. The Morgan fingerprint density at radius 1 is 1.04 bits per heavy atom. The Bertz CT molecular complexity index is 721. The maximum Gasteiger partial charge on any atom is 0.293 e. The highest BCUT2D eigenvalue weighted by molar-refractivity contribution is 7.89. The molecule has 0 aromatic heterocycles. The van der Waals surface area contributed by atoms with Crippen molar-refractivity contribution < 1.29 is 13.3 Å². The SMILES string of the molecule is O=[N+]([O-])c1cc(S(=O)(=O)N2CCCC2)ccc1NC1CCCCCC1. The second-order valence-electron chi connectivity index (χ2n) is 6.88. The van der Waals surface area contributed by atoms with E-state index in [9.17, 15) is 18.5 Å². The number of sulfonamides is 1. The zero-order valence-corrected chi connectivity index (χ0v) is 15.1. The second-order valence-corrected chi connectivity index (χ2v) is 8.82. The van der Waals surface area contributed by atoms with E-state index in [1.54, 1.807) is 6.07 Å². The number of rotatable bonds is 5. The summed E-state index contributed by atoms with van der Waals surface area (Å²) in [5.41, 5.74) is 0.252. The minimum Gasteiger partial charge on any atom is -0.377 e. The number of hydrogen-bond donors (Lipinski definition) is 1. The highest BCUT2D eigenvalue weighted by Gasteiger charge is 2.29. The first-order valence-corrected chi connectivity index (χ1v) is 10.5. The highest BCUT2D eigenvalue weighted by Crippen LogP contribution is 2.32. The number of anilines is 1. The van der Waals surface area contributed by atoms with Gasteiger partial charge in [-0.25, -0.2) is 8.42 Å². The van der Waals surface area contributed by atoms with Gasteiger partial charge in [0, 0.05) is 25.2 Å². The van der Waals surface area contributed by atoms with E-state index in [1.807, 2.05) is 0 Å². The molecular weight excluding hydrogens is 342 g/mol. The first kappa shape index (κ1) is 18.1. The molecule has 1 saturated heterocycles. The summed E-state index contributed by atoms with van der Waals surface area (Å²) in [6.45, 7) is 0.969. The lowest BCUT2D eigenvalue weighted by Crippen LogP contribution is -2.28. The average molecular weight is 367 g/mol. The number of hydrogen-bond acceptors (Lipinski definition) is 5. The molecule has 1 saturated carbocycles. The quantitative estimate of drug-likeness (QED) is 0.488. The van der Waals surface area contributed by atoms with Crippen molar-refractivity contribution >= 4 is 21.4 Å². The molecule has 3 rings (SSSR count). The number of nitro groups is 1. The molecule has 7 nitrogen and oxygen atoms in total. The van der Waals surface area contributed by atoms with Crippen LogP contribution in [0, 0.1) is 10.1 Å². The normalized spacial score (nSPS) is 20.3. The maximum atomic E-state index is 12.6. The molecule has 2 fully saturated rings. The van der Waals surface area contributed by atoms with Gasteiger partial charge in [0.25, 0.3) is 5.69 Å². The van der Waals surface area contributed by atoms with Crippen molar-refractivity contribution in [1.29, 1.82) is 0 Å². The predicted octanol–water partition coefficient (Wildman–Crippen LogP) is 3.51. The van der Waals surface area contributed by atoms with Crippen molar-refractivity contribution in [2.45, 2.75) is 62.3 Å². The summed E-state index contributed by atoms with van der Waals surface area (Å²) in [6.07, 6.45) is 8.29. The van der Waals surface area contributed by atoms with Crippen LogP contribution in [0.2, 0.25) is 0 Å². The Morgan fingerprint density at radius 2 is 1.68 bits per heavy atom. The number of nitro benzene ring substituents is 1. The van der Waals surface area contributed by atoms with Gasteiger partial charge in [-0.3, -0.25) is 10.1 Å². The fourth-order valence-corrected chi connectivity index (χ4v) is 5.20. The minimum atomic E-state index is -3.65. The molecule has 0 amide bonds. The topological polar surface area (TPSA) is 92.5 Å². The molecule has 2 aliphatic rings. The van der Waals surface area contributed by atoms with E-state index in [-0.39, 0.29) is 16.6 Å². The van der Waals surface area contributed by atoms with Crippen LogP contribution >= 0.6 is 0 Å². The molecule has 0 unspecified atom stereocenters. The molecule has 138 valence electrons. The number of nitrogens with zero attached hydrogens (tertiary/aromatic N) is 2. The minimum absolute atomic E-state index is 0.00696. The molecule has 25 heavy (non-hydrogen) atoms. The van der Waals surface area contributed by atoms with E-state index in [0.717, 1.165) is 38.5 Å². The summed E-state index contributed by atoms with van der Waals surface area (Å²) >= 11 is 0. The van der Waals surface area contributed by atoms with Crippen molar-refractivity contribution in [2.24, 2.45) is 0 Å². The average Bonchev–Trinajstić information content (AvgIpc) is 3.02. The molecule has 0 bridgehead atoms. The van der Waals surface area contributed by atoms with Crippen LogP contribution in [0.25, 0.3) is 0 Å². The summed E-state index contributed by atoms with van der Waals surface area (Å²) in [7, 11) is -3.65. The van der Waals surface area contributed by atoms with Gasteiger partial charge in [0.2, 0.25) is 10.0 Å². The Balaban J connectivity index is 1.86. The van der Waals surface area contributed by atoms with Crippen molar-refractivity contribution in [3.05, 3.63) is 28.3 Å². The highest BCUT2D eigenvalue weighted by atomic mass is 32.2. The van der Waals surface area contributed by atoms with Gasteiger partial charge in [0.1, 0.15) is 5.69 Å². The third-order valence-electron chi connectivity index (χ3n) is 5.08. The lowest BCUT2D eigenvalue weighted by molar-refractivity contribution is -0.384. The van der Waals surface area contributed by atoms with E-state index in [0.29, 0.717) is 18.8 Å². The van der Waals surface area contributed by atoms with Crippen LogP contribution in [0.5, 0.6) is 0 Å². The second kappa shape index (κ2) is 7.70. The summed E-state index contributed by atoms with van der Waals surface area (Å²) < 4.78 is 26.7. The molecule has 1 heterocycles. The fourth-order valence-electron chi connectivity index (χ4n) is 3.67. The van der Waals surface area contributed by atoms with Crippen molar-refractivity contribution in [3.63, 3.8) is 0 Å². The summed E-state index contributed by atoms with van der Waals surface area (Å²) in [6, 6.07) is 4.44. The van der Waals surface area contributed by atoms with Gasteiger partial charge in [-0.1, -0.05) is 25.7 Å². The van der Waals surface area contributed by atoms with E-state index < -0.39 is 14.9 Å². The largest absolute Gasteiger partial charge is 0.377 e. The van der Waals surface area contributed by atoms with Crippen molar-refractivity contribution in [2.75, 3.05) is 18.4 Å². The van der Waals surface area contributed by atoms with E-state index in [4.69, 9.17) is 0 Å². The van der Waals surface area contributed by atoms with Crippen LogP contribution in [-0.2, 0) is 10.0 Å². The van der Waals surface area contributed by atoms with E-state index >= 15 is 0 Å². The zero-order chi connectivity index (χ0) is 17.9. The van der Waals surface area contributed by atoms with Crippen LogP contribution in [0.1, 0.15) is 51.4 Å². The lowest BCUT2D eigenvalue weighted by atomic mass is 10.1. The van der Waals surface area contributed by atoms with Gasteiger partial charge in [0.05, 0.1) is 9.82 Å². The zero-order valence-electron chi connectivity index (χ0n) is 14.3. The van der Waals surface area contributed by atoms with Crippen LogP contribution < -0.4 is 5.32 Å². The first-order valence-electron chi connectivity index (χ1n) is 9.03. The van der Waals surface area contributed by atoms with Gasteiger partial charge >= 0.3 is 0 Å². The van der Waals surface area contributed by atoms with Gasteiger partial charge in [-0.05, 0) is 37.8 Å². The summed E-state index contributed by atoms with van der Waals surface area (Å²) in [5.74, 6) is 0. The predicted molar refractivity (Wildman–Crippen MR) is 96.2 cm³/mol. The van der Waals surface area contributed by atoms with Gasteiger partial charge in [-0.2, -0.15) is 4.31 Å². The Labute approximate surface area is 148 Å². The summed E-state index contributed by atoms with van der Waals surface area (Å²) in [4.78, 5) is 11.0. The third kappa shape index (κ3) is 4.12. The Morgan fingerprint density at radius 3 is 2.28 bits per heavy atom. The Kier molecular flexibility index (Phi) is 5.58. The standard InChI is InChI=1S/C17H25N3O4S/c21-20(22)17-13-15(25(23,24)19-11-5-6-12-19)9-10-16(17)18-14-7-3-1-2-4-8-14/h9-10,13-14,18H,1-8,11-12H2. The van der Waals surface area contributed by atoms with Crippen LogP contribution in [0.3, 0.4) is 0 Å². The molecule has 8 heteroatoms. The van der Waals surface area contributed by atoms with Crippen LogP contribution in [-0.4, -0.2) is 36.8 Å². The van der Waals surface area contributed by atoms with E-state index in [1.165, 1.54) is 29.3 Å². The molecule has 1 N–H and O–H groups in total. The molecule has 0 spiro atoms. The molecule has 0 atom stereocenters. The molecule has 1 aliphatic carbocycles. The van der Waals surface area contributed by atoms with Gasteiger partial charge in [0.15, 0.2) is 0 Å². The monoisotopic (exact) mass is 367 g/mol. The van der Waals surface area contributed by atoms with Crippen LogP contribution in [0.15, 0.2) is 23.1 Å². The van der Waals surface area contributed by atoms with Crippen molar-refractivity contribution in [1.82, 2.24) is 4.31 Å². The summed E-state index contributed by atoms with van der Waals surface area (Å²) in [5, 5.41) is 14.8. The van der Waals surface area contributed by atoms with E-state index in [2.05, 4.69) is 5.32 Å². The molecule has 0 radical (unpaired) electrons.